The number of benzene rings is 1. The Hall–Kier alpha value is -1.97. The first-order valence-corrected chi connectivity index (χ1v) is 7.71. The highest BCUT2D eigenvalue weighted by Gasteiger charge is 2.23. The molecule has 1 atom stereocenters. The zero-order valence-corrected chi connectivity index (χ0v) is 13.8. The number of ether oxygens (including phenoxy) is 2. The van der Waals surface area contributed by atoms with Gasteiger partial charge in [0, 0.05) is 24.4 Å². The Morgan fingerprint density at radius 3 is 2.55 bits per heavy atom. The fourth-order valence-corrected chi connectivity index (χ4v) is 2.61. The molecule has 0 spiro atoms. The fraction of sp³-hybridized carbons (Fsp3) is 0.500. The number of carbonyl (C=O) groups is 1. The number of methoxy groups -OCH3 is 1. The van der Waals surface area contributed by atoms with Gasteiger partial charge in [0.05, 0.1) is 7.11 Å². The molecule has 0 N–H and O–H groups in total. The van der Waals surface area contributed by atoms with E-state index >= 15 is 0 Å². The van der Waals surface area contributed by atoms with Crippen molar-refractivity contribution >= 4 is 11.7 Å². The van der Waals surface area contributed by atoms with E-state index in [1.807, 2.05) is 39.0 Å². The third kappa shape index (κ3) is 4.52. The van der Waals surface area contributed by atoms with Gasteiger partial charge in [-0.3, -0.25) is 0 Å². The lowest BCUT2D eigenvalue weighted by atomic mass is 10.1. The molecule has 120 valence electrons. The lowest BCUT2D eigenvalue weighted by Gasteiger charge is -2.25. The second-order valence-electron chi connectivity index (χ2n) is 6.49. The van der Waals surface area contributed by atoms with E-state index in [1.54, 1.807) is 13.2 Å². The first kappa shape index (κ1) is 16.4. The van der Waals surface area contributed by atoms with E-state index in [2.05, 4.69) is 17.0 Å². The summed E-state index contributed by atoms with van der Waals surface area (Å²) in [7, 11) is 1.66. The summed E-state index contributed by atoms with van der Waals surface area (Å²) in [6.07, 6.45) is 5.67. The Balaban J connectivity index is 2.02. The van der Waals surface area contributed by atoms with Gasteiger partial charge >= 0.3 is 5.97 Å². The molecular weight excluding hydrogens is 278 g/mol. The van der Waals surface area contributed by atoms with Crippen LogP contribution in [-0.2, 0) is 9.53 Å². The number of rotatable bonds is 4. The van der Waals surface area contributed by atoms with Crippen molar-refractivity contribution in [3.05, 3.63) is 36.4 Å². The molecule has 1 heterocycles. The number of nitrogens with zero attached hydrogens (tertiary/aromatic N) is 1. The quantitative estimate of drug-likeness (QED) is 0.630. The van der Waals surface area contributed by atoms with Gasteiger partial charge in [-0.1, -0.05) is 6.08 Å². The van der Waals surface area contributed by atoms with E-state index in [1.165, 1.54) is 0 Å². The van der Waals surface area contributed by atoms with Crippen LogP contribution in [0.25, 0.3) is 0 Å². The lowest BCUT2D eigenvalue weighted by molar-refractivity contribution is -0.148. The lowest BCUT2D eigenvalue weighted by Crippen LogP contribution is -2.28. The zero-order valence-electron chi connectivity index (χ0n) is 13.8. The van der Waals surface area contributed by atoms with Gasteiger partial charge in [0.25, 0.3) is 0 Å². The zero-order chi connectivity index (χ0) is 16.2. The van der Waals surface area contributed by atoms with Gasteiger partial charge in [-0.2, -0.15) is 0 Å². The smallest absolute Gasteiger partial charge is 0.331 e. The average molecular weight is 303 g/mol. The number of carbonyl (C=O) groups excluding carboxylic acids is 1. The standard InChI is InChI=1S/C18H25NO3/c1-18(2,3)22-17(20)12-9-14-6-5-13-19(14)15-7-10-16(21-4)11-8-15/h7-12,14H,5-6,13H2,1-4H3/b12-9+/t14-/m1/s1. The molecule has 1 fully saturated rings. The molecule has 1 aliphatic heterocycles. The number of hydrogen-bond acceptors (Lipinski definition) is 4. The molecule has 0 radical (unpaired) electrons. The van der Waals surface area contributed by atoms with E-state index < -0.39 is 5.60 Å². The molecule has 0 unspecified atom stereocenters. The third-order valence-corrected chi connectivity index (χ3v) is 3.56. The summed E-state index contributed by atoms with van der Waals surface area (Å²) in [5.74, 6) is 0.567. The van der Waals surface area contributed by atoms with Crippen molar-refractivity contribution in [2.75, 3.05) is 18.6 Å². The summed E-state index contributed by atoms with van der Waals surface area (Å²) in [5.41, 5.74) is 0.699. The predicted octanol–water partition coefficient (Wildman–Crippen LogP) is 3.56. The second-order valence-corrected chi connectivity index (χ2v) is 6.49. The van der Waals surface area contributed by atoms with E-state index in [4.69, 9.17) is 9.47 Å². The van der Waals surface area contributed by atoms with Crippen molar-refractivity contribution in [1.82, 2.24) is 0 Å². The van der Waals surface area contributed by atoms with Crippen LogP contribution in [0.5, 0.6) is 5.75 Å². The van der Waals surface area contributed by atoms with Crippen LogP contribution in [0.2, 0.25) is 0 Å². The summed E-state index contributed by atoms with van der Waals surface area (Å²) >= 11 is 0. The van der Waals surface area contributed by atoms with Gasteiger partial charge in [0.2, 0.25) is 0 Å². The Morgan fingerprint density at radius 1 is 1.27 bits per heavy atom. The Labute approximate surface area is 132 Å². The van der Waals surface area contributed by atoms with Crippen LogP contribution >= 0.6 is 0 Å². The molecule has 1 aromatic rings. The molecule has 0 aliphatic carbocycles. The molecule has 0 saturated carbocycles. The van der Waals surface area contributed by atoms with Gasteiger partial charge in [-0.25, -0.2) is 4.79 Å². The number of hydrogen-bond donors (Lipinski definition) is 0. The van der Waals surface area contributed by atoms with E-state index in [9.17, 15) is 4.79 Å². The average Bonchev–Trinajstić information content (AvgIpc) is 2.92. The monoisotopic (exact) mass is 303 g/mol. The predicted molar refractivity (Wildman–Crippen MR) is 88.3 cm³/mol. The second kappa shape index (κ2) is 6.86. The van der Waals surface area contributed by atoms with Crippen LogP contribution in [0.1, 0.15) is 33.6 Å². The largest absolute Gasteiger partial charge is 0.497 e. The summed E-state index contributed by atoms with van der Waals surface area (Å²) in [6, 6.07) is 8.27. The first-order chi connectivity index (χ1) is 10.4. The van der Waals surface area contributed by atoms with Crippen LogP contribution in [0.3, 0.4) is 0 Å². The van der Waals surface area contributed by atoms with E-state index in [0.717, 1.165) is 30.8 Å². The van der Waals surface area contributed by atoms with Crippen LogP contribution in [-0.4, -0.2) is 31.3 Å². The van der Waals surface area contributed by atoms with Crippen molar-refractivity contribution in [3.8, 4) is 5.75 Å². The van der Waals surface area contributed by atoms with Crippen LogP contribution in [0, 0.1) is 0 Å². The van der Waals surface area contributed by atoms with Crippen molar-refractivity contribution in [2.45, 2.75) is 45.3 Å². The molecule has 1 saturated heterocycles. The molecule has 0 bridgehead atoms. The van der Waals surface area contributed by atoms with Gasteiger partial charge in [0.15, 0.2) is 0 Å². The Bertz CT molecular complexity index is 528. The molecule has 2 rings (SSSR count). The number of esters is 1. The normalized spacial score (nSPS) is 18.7. The van der Waals surface area contributed by atoms with Crippen LogP contribution in [0.15, 0.2) is 36.4 Å². The minimum absolute atomic E-state index is 0.237. The van der Waals surface area contributed by atoms with Gasteiger partial charge in [-0.15, -0.1) is 0 Å². The molecule has 4 nitrogen and oxygen atoms in total. The third-order valence-electron chi connectivity index (χ3n) is 3.56. The summed E-state index contributed by atoms with van der Waals surface area (Å²) < 4.78 is 10.5. The Kier molecular flexibility index (Phi) is 5.11. The molecule has 22 heavy (non-hydrogen) atoms. The maximum atomic E-state index is 11.8. The van der Waals surface area contributed by atoms with Crippen molar-refractivity contribution in [3.63, 3.8) is 0 Å². The van der Waals surface area contributed by atoms with Crippen molar-refractivity contribution in [1.29, 1.82) is 0 Å². The van der Waals surface area contributed by atoms with Gasteiger partial charge in [-0.05, 0) is 57.9 Å². The maximum Gasteiger partial charge on any atom is 0.331 e. The minimum Gasteiger partial charge on any atom is -0.497 e. The highest BCUT2D eigenvalue weighted by molar-refractivity contribution is 5.82. The molecule has 1 aromatic carbocycles. The van der Waals surface area contributed by atoms with E-state index in [-0.39, 0.29) is 12.0 Å². The highest BCUT2D eigenvalue weighted by Crippen LogP contribution is 2.27. The Morgan fingerprint density at radius 2 is 1.95 bits per heavy atom. The SMILES string of the molecule is COc1ccc(N2CCC[C@@H]2/C=C/C(=O)OC(C)(C)C)cc1. The van der Waals surface area contributed by atoms with Crippen LogP contribution in [0.4, 0.5) is 5.69 Å². The highest BCUT2D eigenvalue weighted by atomic mass is 16.6. The fourth-order valence-electron chi connectivity index (χ4n) is 2.61. The summed E-state index contributed by atoms with van der Waals surface area (Å²) in [5, 5.41) is 0. The molecule has 0 amide bonds. The van der Waals surface area contributed by atoms with Crippen molar-refractivity contribution in [2.24, 2.45) is 0 Å². The van der Waals surface area contributed by atoms with Gasteiger partial charge in [0.1, 0.15) is 11.4 Å². The molecular formula is C18H25NO3. The van der Waals surface area contributed by atoms with Gasteiger partial charge < -0.3 is 14.4 Å². The number of anilines is 1. The maximum absolute atomic E-state index is 11.8. The topological polar surface area (TPSA) is 38.8 Å². The molecule has 4 heteroatoms. The summed E-state index contributed by atoms with van der Waals surface area (Å²) in [4.78, 5) is 14.1. The summed E-state index contributed by atoms with van der Waals surface area (Å²) in [6.45, 7) is 6.61. The molecule has 1 aliphatic rings. The van der Waals surface area contributed by atoms with Crippen LogP contribution < -0.4 is 9.64 Å². The van der Waals surface area contributed by atoms with Crippen molar-refractivity contribution < 1.29 is 14.3 Å². The minimum atomic E-state index is -0.452. The van der Waals surface area contributed by atoms with E-state index in [0.29, 0.717) is 0 Å². The molecule has 0 aromatic heterocycles. The first-order valence-electron chi connectivity index (χ1n) is 7.71.